The third-order valence-electron chi connectivity index (χ3n) is 2.68. The minimum Gasteiger partial charge on any atom is -0.388 e. The van der Waals surface area contributed by atoms with E-state index in [1.165, 1.54) is 6.33 Å². The molecular formula is C11H18N2O. The molecule has 1 N–H and O–H groups in total. The van der Waals surface area contributed by atoms with E-state index < -0.39 is 6.10 Å². The molecular weight excluding hydrogens is 176 g/mol. The summed E-state index contributed by atoms with van der Waals surface area (Å²) < 4.78 is 0. The zero-order chi connectivity index (χ0) is 10.4. The fraction of sp³-hybridized carbons (Fsp3) is 0.636. The SMILES string of the molecule is CCC(CC)CC(O)c1cncnc1. The summed E-state index contributed by atoms with van der Waals surface area (Å²) in [5, 5.41) is 9.87. The molecule has 0 aliphatic rings. The molecule has 1 aromatic heterocycles. The molecule has 3 heteroatoms. The van der Waals surface area contributed by atoms with Crippen molar-refractivity contribution in [2.24, 2.45) is 5.92 Å². The lowest BCUT2D eigenvalue weighted by molar-refractivity contribution is 0.140. The average molecular weight is 194 g/mol. The van der Waals surface area contributed by atoms with Crippen molar-refractivity contribution in [2.75, 3.05) is 0 Å². The van der Waals surface area contributed by atoms with E-state index in [0.717, 1.165) is 24.8 Å². The maximum atomic E-state index is 9.87. The molecule has 0 amide bonds. The van der Waals surface area contributed by atoms with Gasteiger partial charge in [0, 0.05) is 18.0 Å². The van der Waals surface area contributed by atoms with Crippen molar-refractivity contribution in [3.05, 3.63) is 24.3 Å². The van der Waals surface area contributed by atoms with Crippen LogP contribution < -0.4 is 0 Å². The highest BCUT2D eigenvalue weighted by Crippen LogP contribution is 2.23. The lowest BCUT2D eigenvalue weighted by Crippen LogP contribution is -2.06. The first-order valence-corrected chi connectivity index (χ1v) is 5.20. The summed E-state index contributed by atoms with van der Waals surface area (Å²) in [6.45, 7) is 4.31. The van der Waals surface area contributed by atoms with Gasteiger partial charge in [-0.25, -0.2) is 9.97 Å². The Kier molecular flexibility index (Phi) is 4.53. The van der Waals surface area contributed by atoms with E-state index in [1.807, 2.05) is 0 Å². The quantitative estimate of drug-likeness (QED) is 0.782. The van der Waals surface area contributed by atoms with Gasteiger partial charge in [-0.1, -0.05) is 26.7 Å². The summed E-state index contributed by atoms with van der Waals surface area (Å²) in [6, 6.07) is 0. The zero-order valence-corrected chi connectivity index (χ0v) is 8.85. The van der Waals surface area contributed by atoms with Crippen molar-refractivity contribution in [2.45, 2.75) is 39.2 Å². The van der Waals surface area contributed by atoms with E-state index in [0.29, 0.717) is 5.92 Å². The van der Waals surface area contributed by atoms with Crippen LogP contribution >= 0.6 is 0 Å². The summed E-state index contributed by atoms with van der Waals surface area (Å²) in [7, 11) is 0. The minimum absolute atomic E-state index is 0.416. The van der Waals surface area contributed by atoms with Crippen LogP contribution in [0.15, 0.2) is 18.7 Å². The monoisotopic (exact) mass is 194 g/mol. The van der Waals surface area contributed by atoms with Gasteiger partial charge in [0.1, 0.15) is 6.33 Å². The molecule has 0 radical (unpaired) electrons. The molecule has 0 fully saturated rings. The van der Waals surface area contributed by atoms with Crippen LogP contribution in [0.3, 0.4) is 0 Å². The number of hydrogen-bond acceptors (Lipinski definition) is 3. The van der Waals surface area contributed by atoms with Gasteiger partial charge < -0.3 is 5.11 Å². The molecule has 1 unspecified atom stereocenters. The van der Waals surface area contributed by atoms with E-state index in [9.17, 15) is 5.11 Å². The van der Waals surface area contributed by atoms with Crippen LogP contribution in [0.2, 0.25) is 0 Å². The molecule has 0 bridgehead atoms. The topological polar surface area (TPSA) is 46.0 Å². The predicted molar refractivity (Wildman–Crippen MR) is 55.7 cm³/mol. The van der Waals surface area contributed by atoms with Crippen molar-refractivity contribution >= 4 is 0 Å². The highest BCUT2D eigenvalue weighted by atomic mass is 16.3. The van der Waals surface area contributed by atoms with E-state index >= 15 is 0 Å². The van der Waals surface area contributed by atoms with Crippen molar-refractivity contribution < 1.29 is 5.11 Å². The van der Waals surface area contributed by atoms with Gasteiger partial charge in [0.05, 0.1) is 6.10 Å². The fourth-order valence-electron chi connectivity index (χ4n) is 1.56. The smallest absolute Gasteiger partial charge is 0.115 e. The van der Waals surface area contributed by atoms with Crippen LogP contribution in [0.25, 0.3) is 0 Å². The van der Waals surface area contributed by atoms with Crippen molar-refractivity contribution in [1.82, 2.24) is 9.97 Å². The maximum absolute atomic E-state index is 9.87. The molecule has 1 rings (SSSR count). The Hall–Kier alpha value is -0.960. The molecule has 0 saturated heterocycles. The largest absolute Gasteiger partial charge is 0.388 e. The third-order valence-corrected chi connectivity index (χ3v) is 2.68. The molecule has 1 atom stereocenters. The first kappa shape index (κ1) is 11.1. The van der Waals surface area contributed by atoms with Crippen LogP contribution in [-0.4, -0.2) is 15.1 Å². The van der Waals surface area contributed by atoms with E-state index in [4.69, 9.17) is 0 Å². The number of hydrogen-bond donors (Lipinski definition) is 1. The van der Waals surface area contributed by atoms with Gasteiger partial charge in [-0.2, -0.15) is 0 Å². The predicted octanol–water partition coefficient (Wildman–Crippen LogP) is 2.34. The van der Waals surface area contributed by atoms with Gasteiger partial charge in [-0.3, -0.25) is 0 Å². The highest BCUT2D eigenvalue weighted by molar-refractivity contribution is 5.06. The lowest BCUT2D eigenvalue weighted by atomic mass is 9.94. The lowest BCUT2D eigenvalue weighted by Gasteiger charge is -2.16. The summed E-state index contributed by atoms with van der Waals surface area (Å²) in [4.78, 5) is 7.79. The summed E-state index contributed by atoms with van der Waals surface area (Å²) in [6.07, 6.45) is 7.46. The first-order chi connectivity index (χ1) is 6.77. The molecule has 0 aromatic carbocycles. The Balaban J connectivity index is 2.54. The molecule has 0 aliphatic heterocycles. The Labute approximate surface area is 85.2 Å². The average Bonchev–Trinajstić information content (AvgIpc) is 2.26. The van der Waals surface area contributed by atoms with Gasteiger partial charge in [0.15, 0.2) is 0 Å². The van der Waals surface area contributed by atoms with Crippen LogP contribution in [0, 0.1) is 5.92 Å². The van der Waals surface area contributed by atoms with Crippen molar-refractivity contribution in [3.63, 3.8) is 0 Å². The summed E-state index contributed by atoms with van der Waals surface area (Å²) >= 11 is 0. The number of aromatic nitrogens is 2. The normalized spacial score (nSPS) is 13.1. The van der Waals surface area contributed by atoms with Gasteiger partial charge in [0.25, 0.3) is 0 Å². The first-order valence-electron chi connectivity index (χ1n) is 5.20. The van der Waals surface area contributed by atoms with Crippen molar-refractivity contribution in [1.29, 1.82) is 0 Å². The van der Waals surface area contributed by atoms with Crippen molar-refractivity contribution in [3.8, 4) is 0 Å². The van der Waals surface area contributed by atoms with Gasteiger partial charge in [-0.05, 0) is 12.3 Å². The van der Waals surface area contributed by atoms with Crippen LogP contribution in [0.5, 0.6) is 0 Å². The molecule has 14 heavy (non-hydrogen) atoms. The molecule has 0 aliphatic carbocycles. The van der Waals surface area contributed by atoms with Gasteiger partial charge in [-0.15, -0.1) is 0 Å². The summed E-state index contributed by atoms with van der Waals surface area (Å²) in [5.41, 5.74) is 0.819. The minimum atomic E-state index is -0.416. The second-order valence-corrected chi connectivity index (χ2v) is 3.61. The second-order valence-electron chi connectivity index (χ2n) is 3.61. The zero-order valence-electron chi connectivity index (χ0n) is 8.85. The molecule has 0 saturated carbocycles. The number of aliphatic hydroxyl groups excluding tert-OH is 1. The maximum Gasteiger partial charge on any atom is 0.115 e. The Morgan fingerprint density at radius 2 is 1.79 bits per heavy atom. The molecule has 0 spiro atoms. The molecule has 1 aromatic rings. The Bertz CT molecular complexity index is 247. The van der Waals surface area contributed by atoms with Gasteiger partial charge >= 0.3 is 0 Å². The van der Waals surface area contributed by atoms with E-state index in [-0.39, 0.29) is 0 Å². The standard InChI is InChI=1S/C11H18N2O/c1-3-9(4-2)5-11(14)10-6-12-8-13-7-10/h6-9,11,14H,3-5H2,1-2H3. The highest BCUT2D eigenvalue weighted by Gasteiger charge is 2.13. The van der Waals surface area contributed by atoms with Crippen LogP contribution in [0.4, 0.5) is 0 Å². The van der Waals surface area contributed by atoms with E-state index in [1.54, 1.807) is 12.4 Å². The number of aliphatic hydroxyl groups is 1. The van der Waals surface area contributed by atoms with Gasteiger partial charge in [0.2, 0.25) is 0 Å². The number of rotatable bonds is 5. The second kappa shape index (κ2) is 5.70. The number of nitrogens with zero attached hydrogens (tertiary/aromatic N) is 2. The fourth-order valence-corrected chi connectivity index (χ4v) is 1.56. The molecule has 1 heterocycles. The van der Waals surface area contributed by atoms with Crippen LogP contribution in [-0.2, 0) is 0 Å². The Morgan fingerprint density at radius 3 is 2.29 bits per heavy atom. The van der Waals surface area contributed by atoms with E-state index in [2.05, 4.69) is 23.8 Å². The summed E-state index contributed by atoms with van der Waals surface area (Å²) in [5.74, 6) is 0.588. The molecule has 78 valence electrons. The third kappa shape index (κ3) is 3.07. The molecule has 3 nitrogen and oxygen atoms in total. The Morgan fingerprint density at radius 1 is 1.21 bits per heavy atom. The van der Waals surface area contributed by atoms with Crippen LogP contribution in [0.1, 0.15) is 44.8 Å².